The van der Waals surface area contributed by atoms with Crippen LogP contribution in [0.25, 0.3) is 0 Å². The number of rotatable bonds is 5. The van der Waals surface area contributed by atoms with Gasteiger partial charge in [-0.2, -0.15) is 0 Å². The zero-order valence-electron chi connectivity index (χ0n) is 14.8. The number of hydrogen-bond acceptors (Lipinski definition) is 5. The van der Waals surface area contributed by atoms with Crippen molar-refractivity contribution >= 4 is 19.7 Å². The van der Waals surface area contributed by atoms with Crippen molar-refractivity contribution in [2.75, 3.05) is 7.11 Å². The van der Waals surface area contributed by atoms with Crippen molar-refractivity contribution in [3.05, 3.63) is 78.4 Å². The zero-order valence-corrected chi connectivity index (χ0v) is 16.4. The largest absolute Gasteiger partial charge is 0.495 e. The fraction of sp³-hybridized carbons (Fsp3) is 0.100. The fourth-order valence-electron chi connectivity index (χ4n) is 2.61. The molecule has 0 amide bonds. The van der Waals surface area contributed by atoms with Gasteiger partial charge in [-0.1, -0.05) is 35.9 Å². The molecule has 0 aromatic heterocycles. The predicted octanol–water partition coefficient (Wildman–Crippen LogP) is 3.67. The molecule has 0 unspecified atom stereocenters. The van der Waals surface area contributed by atoms with Crippen molar-refractivity contribution in [3.63, 3.8) is 0 Å². The first-order valence-corrected chi connectivity index (χ1v) is 11.0. The molecule has 0 bridgehead atoms. The lowest BCUT2D eigenvalue weighted by Gasteiger charge is -2.12. The second-order valence-electron chi connectivity index (χ2n) is 5.95. The van der Waals surface area contributed by atoms with Gasteiger partial charge in [0, 0.05) is 0 Å². The van der Waals surface area contributed by atoms with Crippen LogP contribution in [0.5, 0.6) is 5.75 Å². The maximum Gasteiger partial charge on any atom is 0.210 e. The van der Waals surface area contributed by atoms with Gasteiger partial charge in [-0.15, -0.1) is 0 Å². The minimum absolute atomic E-state index is 0.0701. The SMILES string of the molecule is COc1ccc(S(=O)(=O)c2ccccc2)cc1S(=O)(=O)c1ccc(C)cc1. The van der Waals surface area contributed by atoms with Gasteiger partial charge in [-0.05, 0) is 49.4 Å². The Labute approximate surface area is 159 Å². The minimum Gasteiger partial charge on any atom is -0.495 e. The van der Waals surface area contributed by atoms with Crippen LogP contribution in [0.4, 0.5) is 0 Å². The Morgan fingerprint density at radius 1 is 0.667 bits per heavy atom. The smallest absolute Gasteiger partial charge is 0.210 e. The van der Waals surface area contributed by atoms with Gasteiger partial charge in [0.25, 0.3) is 0 Å². The van der Waals surface area contributed by atoms with E-state index in [0.29, 0.717) is 0 Å². The molecule has 140 valence electrons. The summed E-state index contributed by atoms with van der Waals surface area (Å²) in [6.45, 7) is 1.85. The molecule has 0 aliphatic carbocycles. The first-order valence-electron chi connectivity index (χ1n) is 8.07. The molecule has 0 radical (unpaired) electrons. The van der Waals surface area contributed by atoms with E-state index < -0.39 is 19.7 Å². The van der Waals surface area contributed by atoms with Crippen LogP contribution in [-0.2, 0) is 19.7 Å². The van der Waals surface area contributed by atoms with E-state index in [1.165, 1.54) is 43.5 Å². The highest BCUT2D eigenvalue weighted by Crippen LogP contribution is 2.33. The predicted molar refractivity (Wildman–Crippen MR) is 102 cm³/mol. The summed E-state index contributed by atoms with van der Waals surface area (Å²) in [6, 6.07) is 18.1. The van der Waals surface area contributed by atoms with Crippen LogP contribution in [-0.4, -0.2) is 23.9 Å². The summed E-state index contributed by atoms with van der Waals surface area (Å²) in [4.78, 5) is -0.138. The molecule has 5 nitrogen and oxygen atoms in total. The number of hydrogen-bond donors (Lipinski definition) is 0. The summed E-state index contributed by atoms with van der Waals surface area (Å²) < 4.78 is 57.0. The number of methoxy groups -OCH3 is 1. The number of sulfone groups is 2. The monoisotopic (exact) mass is 402 g/mol. The van der Waals surface area contributed by atoms with Crippen LogP contribution < -0.4 is 4.74 Å². The Kier molecular flexibility index (Phi) is 5.08. The topological polar surface area (TPSA) is 77.5 Å². The average Bonchev–Trinajstić information content (AvgIpc) is 2.68. The molecule has 0 saturated carbocycles. The lowest BCUT2D eigenvalue weighted by molar-refractivity contribution is 0.402. The maximum atomic E-state index is 13.1. The molecule has 0 atom stereocenters. The van der Waals surface area contributed by atoms with Gasteiger partial charge in [0.1, 0.15) is 10.6 Å². The normalized spacial score (nSPS) is 11.9. The van der Waals surface area contributed by atoms with Crippen LogP contribution >= 0.6 is 0 Å². The van der Waals surface area contributed by atoms with Gasteiger partial charge in [-0.25, -0.2) is 16.8 Å². The molecule has 0 saturated heterocycles. The van der Waals surface area contributed by atoms with E-state index in [1.54, 1.807) is 30.3 Å². The minimum atomic E-state index is -3.95. The van der Waals surface area contributed by atoms with Crippen LogP contribution in [0.3, 0.4) is 0 Å². The second kappa shape index (κ2) is 7.17. The van der Waals surface area contributed by atoms with Crippen LogP contribution in [0, 0.1) is 6.92 Å². The van der Waals surface area contributed by atoms with Gasteiger partial charge in [0.2, 0.25) is 19.7 Å². The van der Waals surface area contributed by atoms with E-state index in [2.05, 4.69) is 0 Å². The molecule has 3 rings (SSSR count). The average molecular weight is 402 g/mol. The summed E-state index contributed by atoms with van der Waals surface area (Å²) in [5.74, 6) is 0.0857. The van der Waals surface area contributed by atoms with Gasteiger partial charge in [0.15, 0.2) is 0 Å². The van der Waals surface area contributed by atoms with E-state index in [1.807, 2.05) is 6.92 Å². The van der Waals surface area contributed by atoms with Crippen molar-refractivity contribution in [3.8, 4) is 5.75 Å². The van der Waals surface area contributed by atoms with E-state index in [-0.39, 0.29) is 25.3 Å². The lowest BCUT2D eigenvalue weighted by Crippen LogP contribution is -2.08. The number of ether oxygens (including phenoxy) is 1. The molecule has 27 heavy (non-hydrogen) atoms. The van der Waals surface area contributed by atoms with Crippen molar-refractivity contribution in [2.45, 2.75) is 26.5 Å². The summed E-state index contributed by atoms with van der Waals surface area (Å²) in [6.07, 6.45) is 0. The first kappa shape index (κ1) is 19.1. The zero-order chi connectivity index (χ0) is 19.7. The van der Waals surface area contributed by atoms with Crippen molar-refractivity contribution in [2.24, 2.45) is 0 Å². The molecule has 0 N–H and O–H groups in total. The van der Waals surface area contributed by atoms with Crippen molar-refractivity contribution in [1.29, 1.82) is 0 Å². The van der Waals surface area contributed by atoms with Gasteiger partial charge < -0.3 is 4.74 Å². The van der Waals surface area contributed by atoms with Crippen molar-refractivity contribution < 1.29 is 21.6 Å². The van der Waals surface area contributed by atoms with Crippen molar-refractivity contribution in [1.82, 2.24) is 0 Å². The summed E-state index contributed by atoms with van der Waals surface area (Å²) >= 11 is 0. The molecule has 3 aromatic rings. The Bertz CT molecular complexity index is 1160. The molecule has 0 aliphatic rings. The van der Waals surface area contributed by atoms with Crippen LogP contribution in [0.2, 0.25) is 0 Å². The van der Waals surface area contributed by atoms with E-state index >= 15 is 0 Å². The maximum absolute atomic E-state index is 13.1. The van der Waals surface area contributed by atoms with E-state index in [9.17, 15) is 16.8 Å². The molecular formula is C20H18O5S2. The summed E-state index contributed by atoms with van der Waals surface area (Å²) in [5.41, 5.74) is 0.918. The quantitative estimate of drug-likeness (QED) is 0.651. The molecule has 0 spiro atoms. The highest BCUT2D eigenvalue weighted by Gasteiger charge is 2.26. The third-order valence-corrected chi connectivity index (χ3v) is 7.68. The Morgan fingerprint density at radius 2 is 1.22 bits per heavy atom. The van der Waals surface area contributed by atoms with Gasteiger partial charge in [-0.3, -0.25) is 0 Å². The Balaban J connectivity index is 2.19. The highest BCUT2D eigenvalue weighted by atomic mass is 32.2. The Morgan fingerprint density at radius 3 is 1.81 bits per heavy atom. The molecule has 3 aromatic carbocycles. The van der Waals surface area contributed by atoms with Crippen LogP contribution in [0.1, 0.15) is 5.56 Å². The first-order chi connectivity index (χ1) is 12.8. The molecular weight excluding hydrogens is 384 g/mol. The molecule has 0 aliphatic heterocycles. The lowest BCUT2D eigenvalue weighted by atomic mass is 10.2. The highest BCUT2D eigenvalue weighted by molar-refractivity contribution is 7.92. The number of benzene rings is 3. The molecule has 0 heterocycles. The van der Waals surface area contributed by atoms with E-state index in [4.69, 9.17) is 4.74 Å². The molecule has 0 fully saturated rings. The van der Waals surface area contributed by atoms with Crippen LogP contribution in [0.15, 0.2) is 92.4 Å². The molecule has 7 heteroatoms. The number of aryl methyl sites for hydroxylation is 1. The van der Waals surface area contributed by atoms with Gasteiger partial charge in [0.05, 0.1) is 21.8 Å². The third kappa shape index (κ3) is 3.61. The summed E-state index contributed by atoms with van der Waals surface area (Å²) in [7, 11) is -6.47. The second-order valence-corrected chi connectivity index (χ2v) is 9.81. The van der Waals surface area contributed by atoms with E-state index in [0.717, 1.165) is 11.6 Å². The fourth-order valence-corrected chi connectivity index (χ4v) is 5.44. The Hall–Kier alpha value is -2.64. The summed E-state index contributed by atoms with van der Waals surface area (Å²) in [5, 5.41) is 0. The van der Waals surface area contributed by atoms with Gasteiger partial charge >= 0.3 is 0 Å². The standard InChI is InChI=1S/C20H18O5S2/c1-15-8-10-17(11-9-15)27(23,24)20-14-18(12-13-19(20)25-2)26(21,22)16-6-4-3-5-7-16/h3-14H,1-2H3. The third-order valence-electron chi connectivity index (χ3n) is 4.12.